The van der Waals surface area contributed by atoms with Gasteiger partial charge in [-0.2, -0.15) is 5.10 Å². The molecule has 0 atom stereocenters. The molecule has 0 fully saturated rings. The van der Waals surface area contributed by atoms with Gasteiger partial charge >= 0.3 is 0 Å². The third kappa shape index (κ3) is 3.99. The summed E-state index contributed by atoms with van der Waals surface area (Å²) in [5.41, 5.74) is 3.59. The fraction of sp³-hybridized carbons (Fsp3) is 0.200. The third-order valence-electron chi connectivity index (χ3n) is 2.87. The van der Waals surface area contributed by atoms with E-state index in [1.54, 1.807) is 31.2 Å². The molecule has 0 saturated carbocycles. The summed E-state index contributed by atoms with van der Waals surface area (Å²) in [6.07, 6.45) is 0. The first-order valence-electron chi connectivity index (χ1n) is 6.37. The SMILES string of the molecule is COc1cc(OC)cc(C(=O)N/N=C(/C)c2ccc(Cl)s2)c1. The predicted octanol–water partition coefficient (Wildman–Crippen LogP) is 3.57. The molecule has 1 amide bonds. The van der Waals surface area contributed by atoms with Crippen LogP contribution in [0.2, 0.25) is 4.34 Å². The molecule has 2 aromatic rings. The van der Waals surface area contributed by atoms with Crippen molar-refractivity contribution in [2.24, 2.45) is 5.10 Å². The monoisotopic (exact) mass is 338 g/mol. The van der Waals surface area contributed by atoms with Gasteiger partial charge in [-0.15, -0.1) is 11.3 Å². The van der Waals surface area contributed by atoms with Crippen LogP contribution >= 0.6 is 22.9 Å². The Morgan fingerprint density at radius 1 is 1.18 bits per heavy atom. The first-order valence-corrected chi connectivity index (χ1v) is 7.56. The van der Waals surface area contributed by atoms with Crippen molar-refractivity contribution in [3.8, 4) is 11.5 Å². The highest BCUT2D eigenvalue weighted by Crippen LogP contribution is 2.23. The Labute approximate surface area is 137 Å². The molecule has 1 N–H and O–H groups in total. The highest BCUT2D eigenvalue weighted by Gasteiger charge is 2.10. The van der Waals surface area contributed by atoms with Gasteiger partial charge in [0, 0.05) is 11.6 Å². The Morgan fingerprint density at radius 3 is 2.32 bits per heavy atom. The lowest BCUT2D eigenvalue weighted by Crippen LogP contribution is -2.19. The van der Waals surface area contributed by atoms with E-state index >= 15 is 0 Å². The highest BCUT2D eigenvalue weighted by atomic mass is 35.5. The van der Waals surface area contributed by atoms with Crippen LogP contribution in [0.15, 0.2) is 35.4 Å². The molecule has 2 rings (SSSR count). The molecule has 7 heteroatoms. The number of hydrogen-bond acceptors (Lipinski definition) is 5. The Kier molecular flexibility index (Phi) is 5.41. The number of carbonyl (C=O) groups is 1. The molecule has 0 spiro atoms. The van der Waals surface area contributed by atoms with Gasteiger partial charge in [-0.05, 0) is 31.2 Å². The molecular formula is C15H15ClN2O3S. The standard InChI is InChI=1S/C15H15ClN2O3S/c1-9(13-4-5-14(16)22-13)17-18-15(19)10-6-11(20-2)8-12(7-10)21-3/h4-8H,1-3H3,(H,18,19)/b17-9-. The van der Waals surface area contributed by atoms with E-state index in [9.17, 15) is 4.79 Å². The van der Waals surface area contributed by atoms with Gasteiger partial charge in [0.05, 0.1) is 29.1 Å². The normalized spacial score (nSPS) is 11.2. The number of methoxy groups -OCH3 is 2. The van der Waals surface area contributed by atoms with Gasteiger partial charge in [0.1, 0.15) is 11.5 Å². The summed E-state index contributed by atoms with van der Waals surface area (Å²) >= 11 is 7.28. The van der Waals surface area contributed by atoms with Crippen molar-refractivity contribution in [2.75, 3.05) is 14.2 Å². The lowest BCUT2D eigenvalue weighted by Gasteiger charge is -2.07. The van der Waals surface area contributed by atoms with E-state index in [-0.39, 0.29) is 5.91 Å². The van der Waals surface area contributed by atoms with Crippen molar-refractivity contribution >= 4 is 34.6 Å². The van der Waals surface area contributed by atoms with Gasteiger partial charge < -0.3 is 9.47 Å². The van der Waals surface area contributed by atoms with Crippen LogP contribution in [0, 0.1) is 0 Å². The minimum atomic E-state index is -0.348. The summed E-state index contributed by atoms with van der Waals surface area (Å²) in [4.78, 5) is 13.1. The average molecular weight is 339 g/mol. The van der Waals surface area contributed by atoms with Crippen LogP contribution in [-0.2, 0) is 0 Å². The summed E-state index contributed by atoms with van der Waals surface area (Å²) in [6, 6.07) is 8.57. The van der Waals surface area contributed by atoms with Crippen LogP contribution in [-0.4, -0.2) is 25.8 Å². The average Bonchev–Trinajstić information content (AvgIpc) is 2.98. The number of ether oxygens (including phenoxy) is 2. The van der Waals surface area contributed by atoms with Gasteiger partial charge in [-0.25, -0.2) is 5.43 Å². The topological polar surface area (TPSA) is 59.9 Å². The van der Waals surface area contributed by atoms with Crippen LogP contribution in [0.25, 0.3) is 0 Å². The van der Waals surface area contributed by atoms with Gasteiger partial charge in [-0.1, -0.05) is 11.6 Å². The number of rotatable bonds is 5. The summed E-state index contributed by atoms with van der Waals surface area (Å²) in [5.74, 6) is 0.727. The molecule has 0 saturated heterocycles. The second kappa shape index (κ2) is 7.29. The number of benzene rings is 1. The van der Waals surface area contributed by atoms with E-state index in [4.69, 9.17) is 21.1 Å². The summed E-state index contributed by atoms with van der Waals surface area (Å²) in [7, 11) is 3.05. The number of carbonyl (C=O) groups excluding carboxylic acids is 1. The van der Waals surface area contributed by atoms with Crippen LogP contribution < -0.4 is 14.9 Å². The van der Waals surface area contributed by atoms with Gasteiger partial charge in [-0.3, -0.25) is 4.79 Å². The predicted molar refractivity (Wildman–Crippen MR) is 88.6 cm³/mol. The molecule has 1 aromatic heterocycles. The van der Waals surface area contributed by atoms with Crippen molar-refractivity contribution < 1.29 is 14.3 Å². The number of nitrogens with zero attached hydrogens (tertiary/aromatic N) is 1. The highest BCUT2D eigenvalue weighted by molar-refractivity contribution is 7.18. The van der Waals surface area contributed by atoms with Gasteiger partial charge in [0.2, 0.25) is 0 Å². The van der Waals surface area contributed by atoms with Crippen LogP contribution in [0.4, 0.5) is 0 Å². The maximum absolute atomic E-state index is 12.2. The van der Waals surface area contributed by atoms with Gasteiger partial charge in [0.15, 0.2) is 0 Å². The second-order valence-electron chi connectivity index (χ2n) is 4.34. The molecule has 116 valence electrons. The van der Waals surface area contributed by atoms with E-state index in [0.717, 1.165) is 4.88 Å². The van der Waals surface area contributed by atoms with E-state index in [1.807, 2.05) is 6.07 Å². The van der Waals surface area contributed by atoms with Crippen LogP contribution in [0.1, 0.15) is 22.2 Å². The lowest BCUT2D eigenvalue weighted by molar-refractivity contribution is 0.0954. The maximum atomic E-state index is 12.2. The first kappa shape index (κ1) is 16.3. The number of hydrogen-bond donors (Lipinski definition) is 1. The Bertz CT molecular complexity index is 690. The number of halogens is 1. The smallest absolute Gasteiger partial charge is 0.271 e. The number of thiophene rings is 1. The van der Waals surface area contributed by atoms with Crippen molar-refractivity contribution in [3.63, 3.8) is 0 Å². The Balaban J connectivity index is 2.15. The van der Waals surface area contributed by atoms with E-state index in [1.165, 1.54) is 25.6 Å². The van der Waals surface area contributed by atoms with Crippen LogP contribution in [0.5, 0.6) is 11.5 Å². The number of amides is 1. The molecule has 0 bridgehead atoms. The minimum Gasteiger partial charge on any atom is -0.497 e. The third-order valence-corrected chi connectivity index (χ3v) is 4.21. The number of nitrogens with one attached hydrogen (secondary N) is 1. The fourth-order valence-corrected chi connectivity index (χ4v) is 2.69. The molecular weight excluding hydrogens is 324 g/mol. The fourth-order valence-electron chi connectivity index (χ4n) is 1.70. The Hall–Kier alpha value is -2.05. The zero-order chi connectivity index (χ0) is 16.1. The van der Waals surface area contributed by atoms with Gasteiger partial charge in [0.25, 0.3) is 5.91 Å². The van der Waals surface area contributed by atoms with E-state index in [0.29, 0.717) is 27.1 Å². The first-order chi connectivity index (χ1) is 10.5. The molecule has 0 radical (unpaired) electrons. The zero-order valence-corrected chi connectivity index (χ0v) is 13.9. The maximum Gasteiger partial charge on any atom is 0.271 e. The van der Waals surface area contributed by atoms with Crippen molar-refractivity contribution in [1.29, 1.82) is 0 Å². The molecule has 0 aliphatic carbocycles. The zero-order valence-electron chi connectivity index (χ0n) is 12.3. The molecule has 0 aliphatic heterocycles. The van der Waals surface area contributed by atoms with Crippen LogP contribution in [0.3, 0.4) is 0 Å². The molecule has 1 heterocycles. The largest absolute Gasteiger partial charge is 0.497 e. The summed E-state index contributed by atoms with van der Waals surface area (Å²) < 4.78 is 10.9. The van der Waals surface area contributed by atoms with Crippen molar-refractivity contribution in [2.45, 2.75) is 6.92 Å². The quantitative estimate of drug-likeness (QED) is 0.669. The van der Waals surface area contributed by atoms with E-state index < -0.39 is 0 Å². The van der Waals surface area contributed by atoms with Crippen molar-refractivity contribution in [3.05, 3.63) is 45.1 Å². The molecule has 5 nitrogen and oxygen atoms in total. The summed E-state index contributed by atoms with van der Waals surface area (Å²) in [6.45, 7) is 1.80. The van der Waals surface area contributed by atoms with Crippen molar-refractivity contribution in [1.82, 2.24) is 5.43 Å². The Morgan fingerprint density at radius 2 is 1.82 bits per heavy atom. The number of hydrazone groups is 1. The lowest BCUT2D eigenvalue weighted by atomic mass is 10.2. The molecule has 22 heavy (non-hydrogen) atoms. The summed E-state index contributed by atoms with van der Waals surface area (Å²) in [5, 5.41) is 4.08. The minimum absolute atomic E-state index is 0.348. The van der Waals surface area contributed by atoms with E-state index in [2.05, 4.69) is 10.5 Å². The second-order valence-corrected chi connectivity index (χ2v) is 6.06. The molecule has 0 aliphatic rings. The molecule has 1 aromatic carbocycles. The molecule has 0 unspecified atom stereocenters.